The Hall–Kier alpha value is -1.51. The van der Waals surface area contributed by atoms with Crippen LogP contribution in [0.15, 0.2) is 24.3 Å². The molecule has 0 spiro atoms. The van der Waals surface area contributed by atoms with E-state index in [-0.39, 0.29) is 0 Å². The zero-order valence-electron chi connectivity index (χ0n) is 10.9. The highest BCUT2D eigenvalue weighted by Gasteiger charge is 2.09. The van der Waals surface area contributed by atoms with E-state index in [2.05, 4.69) is 47.9 Å². The number of aromatic nitrogens is 2. The molecule has 0 aliphatic rings. The van der Waals surface area contributed by atoms with Crippen molar-refractivity contribution in [3.8, 4) is 0 Å². The van der Waals surface area contributed by atoms with Gasteiger partial charge in [0.05, 0.1) is 11.0 Å². The lowest BCUT2D eigenvalue weighted by Crippen LogP contribution is -2.17. The van der Waals surface area contributed by atoms with Crippen LogP contribution >= 0.6 is 0 Å². The summed E-state index contributed by atoms with van der Waals surface area (Å²) in [6, 6.07) is 8.71. The van der Waals surface area contributed by atoms with Crippen molar-refractivity contribution in [3.05, 3.63) is 24.3 Å². The molecule has 0 saturated carbocycles. The van der Waals surface area contributed by atoms with Crippen LogP contribution < -0.4 is 5.32 Å². The summed E-state index contributed by atoms with van der Waals surface area (Å²) in [4.78, 5) is 4.61. The number of rotatable bonds is 5. The molecule has 2 aromatic rings. The summed E-state index contributed by atoms with van der Waals surface area (Å²) >= 11 is 0. The number of aryl methyl sites for hydroxylation is 1. The van der Waals surface area contributed by atoms with Crippen LogP contribution in [0.5, 0.6) is 0 Å². The first kappa shape index (κ1) is 12.0. The lowest BCUT2D eigenvalue weighted by Gasteiger charge is -2.13. The summed E-state index contributed by atoms with van der Waals surface area (Å²) < 4.78 is 2.12. The Bertz CT molecular complexity index is 487. The molecule has 92 valence electrons. The molecule has 0 radical (unpaired) electrons. The molecule has 17 heavy (non-hydrogen) atoms. The maximum Gasteiger partial charge on any atom is 0.203 e. The average Bonchev–Trinajstić information content (AvgIpc) is 2.64. The largest absolute Gasteiger partial charge is 0.353 e. The van der Waals surface area contributed by atoms with Gasteiger partial charge in [-0.25, -0.2) is 4.98 Å². The fraction of sp³-hybridized carbons (Fsp3) is 0.500. The fourth-order valence-corrected chi connectivity index (χ4v) is 2.08. The third kappa shape index (κ3) is 2.60. The highest BCUT2D eigenvalue weighted by molar-refractivity contribution is 5.78. The predicted molar refractivity (Wildman–Crippen MR) is 73.3 cm³/mol. The molecule has 0 saturated heterocycles. The van der Waals surface area contributed by atoms with Gasteiger partial charge in [0.15, 0.2) is 0 Å². The summed E-state index contributed by atoms with van der Waals surface area (Å²) in [6.07, 6.45) is 3.70. The van der Waals surface area contributed by atoms with E-state index in [9.17, 15) is 0 Å². The molecule has 0 amide bonds. The van der Waals surface area contributed by atoms with Gasteiger partial charge >= 0.3 is 0 Å². The van der Waals surface area contributed by atoms with Crippen molar-refractivity contribution in [1.82, 2.24) is 9.55 Å². The molecular formula is C14H21N3. The second-order valence-electron chi connectivity index (χ2n) is 4.67. The van der Waals surface area contributed by atoms with Gasteiger partial charge in [0.2, 0.25) is 5.95 Å². The molecule has 1 unspecified atom stereocenters. The van der Waals surface area contributed by atoms with Crippen molar-refractivity contribution in [2.45, 2.75) is 39.2 Å². The van der Waals surface area contributed by atoms with Crippen LogP contribution in [0.3, 0.4) is 0 Å². The molecule has 1 aromatic heterocycles. The third-order valence-electron chi connectivity index (χ3n) is 3.15. The van der Waals surface area contributed by atoms with E-state index in [4.69, 9.17) is 0 Å². The molecule has 1 aromatic carbocycles. The van der Waals surface area contributed by atoms with Crippen molar-refractivity contribution in [3.63, 3.8) is 0 Å². The highest BCUT2D eigenvalue weighted by atomic mass is 15.2. The van der Waals surface area contributed by atoms with Crippen molar-refractivity contribution in [2.24, 2.45) is 7.05 Å². The van der Waals surface area contributed by atoms with Gasteiger partial charge < -0.3 is 9.88 Å². The molecule has 3 nitrogen and oxygen atoms in total. The van der Waals surface area contributed by atoms with Crippen LogP contribution in [0.1, 0.15) is 33.1 Å². The van der Waals surface area contributed by atoms with E-state index >= 15 is 0 Å². The topological polar surface area (TPSA) is 29.9 Å². The minimum atomic E-state index is 0.477. The smallest absolute Gasteiger partial charge is 0.203 e. The first-order chi connectivity index (χ1) is 8.22. The van der Waals surface area contributed by atoms with Crippen molar-refractivity contribution >= 4 is 17.0 Å². The number of unbranched alkanes of at least 4 members (excludes halogenated alkanes) is 1. The Morgan fingerprint density at radius 3 is 2.82 bits per heavy atom. The lowest BCUT2D eigenvalue weighted by molar-refractivity contribution is 0.638. The Labute approximate surface area is 103 Å². The number of para-hydroxylation sites is 2. The number of nitrogens with one attached hydrogen (secondary N) is 1. The molecule has 1 atom stereocenters. The normalized spacial score (nSPS) is 12.9. The summed E-state index contributed by atoms with van der Waals surface area (Å²) in [6.45, 7) is 4.44. The van der Waals surface area contributed by atoms with Gasteiger partial charge in [0.1, 0.15) is 0 Å². The molecule has 2 rings (SSSR count). The van der Waals surface area contributed by atoms with Gasteiger partial charge in [-0.3, -0.25) is 0 Å². The fourth-order valence-electron chi connectivity index (χ4n) is 2.08. The zero-order valence-corrected chi connectivity index (χ0v) is 10.9. The molecule has 1 N–H and O–H groups in total. The number of anilines is 1. The Balaban J connectivity index is 2.16. The summed E-state index contributed by atoms with van der Waals surface area (Å²) in [7, 11) is 2.06. The Morgan fingerprint density at radius 1 is 1.35 bits per heavy atom. The second-order valence-corrected chi connectivity index (χ2v) is 4.67. The van der Waals surface area contributed by atoms with Crippen LogP contribution in [-0.2, 0) is 7.05 Å². The number of benzene rings is 1. The second kappa shape index (κ2) is 5.21. The van der Waals surface area contributed by atoms with Crippen LogP contribution in [0.2, 0.25) is 0 Å². The number of imidazole rings is 1. The molecule has 0 aliphatic carbocycles. The minimum Gasteiger partial charge on any atom is -0.353 e. The van der Waals surface area contributed by atoms with Crippen molar-refractivity contribution < 1.29 is 0 Å². The summed E-state index contributed by atoms with van der Waals surface area (Å²) in [5.74, 6) is 0.967. The van der Waals surface area contributed by atoms with Gasteiger partial charge in [-0.2, -0.15) is 0 Å². The molecule has 3 heteroatoms. The third-order valence-corrected chi connectivity index (χ3v) is 3.15. The highest BCUT2D eigenvalue weighted by Crippen LogP contribution is 2.18. The number of hydrogen-bond donors (Lipinski definition) is 1. The molecule has 0 fully saturated rings. The predicted octanol–water partition coefficient (Wildman–Crippen LogP) is 3.56. The molecular weight excluding hydrogens is 210 g/mol. The number of nitrogens with zero attached hydrogens (tertiary/aromatic N) is 2. The summed E-state index contributed by atoms with van der Waals surface area (Å²) in [5, 5.41) is 3.49. The number of fused-ring (bicyclic) bond motifs is 1. The summed E-state index contributed by atoms with van der Waals surface area (Å²) in [5.41, 5.74) is 2.23. The van der Waals surface area contributed by atoms with Crippen LogP contribution in [-0.4, -0.2) is 15.6 Å². The van der Waals surface area contributed by atoms with Gasteiger partial charge in [-0.05, 0) is 25.5 Å². The monoisotopic (exact) mass is 231 g/mol. The van der Waals surface area contributed by atoms with E-state index in [0.717, 1.165) is 11.5 Å². The molecule has 0 aliphatic heterocycles. The van der Waals surface area contributed by atoms with Gasteiger partial charge in [0, 0.05) is 13.1 Å². The van der Waals surface area contributed by atoms with E-state index in [1.165, 1.54) is 24.8 Å². The Morgan fingerprint density at radius 2 is 2.12 bits per heavy atom. The van der Waals surface area contributed by atoms with Gasteiger partial charge in [0.25, 0.3) is 0 Å². The minimum absolute atomic E-state index is 0.477. The number of hydrogen-bond acceptors (Lipinski definition) is 2. The van der Waals surface area contributed by atoms with E-state index < -0.39 is 0 Å². The maximum absolute atomic E-state index is 4.61. The quantitative estimate of drug-likeness (QED) is 0.852. The average molecular weight is 231 g/mol. The molecule has 0 bridgehead atoms. The van der Waals surface area contributed by atoms with Crippen molar-refractivity contribution in [2.75, 3.05) is 5.32 Å². The van der Waals surface area contributed by atoms with Crippen LogP contribution in [0.25, 0.3) is 11.0 Å². The van der Waals surface area contributed by atoms with Crippen LogP contribution in [0.4, 0.5) is 5.95 Å². The van der Waals surface area contributed by atoms with Crippen molar-refractivity contribution in [1.29, 1.82) is 0 Å². The SMILES string of the molecule is CCCCC(C)Nc1nc2ccccc2n1C. The van der Waals surface area contributed by atoms with Gasteiger partial charge in [-0.1, -0.05) is 31.9 Å². The van der Waals surface area contributed by atoms with Crippen LogP contribution in [0, 0.1) is 0 Å². The van der Waals surface area contributed by atoms with E-state index in [1.807, 2.05) is 12.1 Å². The lowest BCUT2D eigenvalue weighted by atomic mass is 10.1. The van der Waals surface area contributed by atoms with E-state index in [0.29, 0.717) is 6.04 Å². The standard InChI is InChI=1S/C14H21N3/c1-4-5-8-11(2)15-14-16-12-9-6-7-10-13(12)17(14)3/h6-7,9-11H,4-5,8H2,1-3H3,(H,15,16). The van der Waals surface area contributed by atoms with E-state index in [1.54, 1.807) is 0 Å². The first-order valence-electron chi connectivity index (χ1n) is 6.40. The van der Waals surface area contributed by atoms with Gasteiger partial charge in [-0.15, -0.1) is 0 Å². The zero-order chi connectivity index (χ0) is 12.3. The Kier molecular flexibility index (Phi) is 3.67. The molecule has 1 heterocycles. The first-order valence-corrected chi connectivity index (χ1v) is 6.40. The maximum atomic E-state index is 4.61.